The van der Waals surface area contributed by atoms with Gasteiger partial charge in [0.25, 0.3) is 5.56 Å². The predicted octanol–water partition coefficient (Wildman–Crippen LogP) is 3.01. The molecule has 0 aliphatic rings. The zero-order valence-electron chi connectivity index (χ0n) is 17.3. The second kappa shape index (κ2) is 8.93. The van der Waals surface area contributed by atoms with E-state index in [1.807, 2.05) is 48.5 Å². The van der Waals surface area contributed by atoms with E-state index in [9.17, 15) is 4.79 Å². The van der Waals surface area contributed by atoms with Crippen molar-refractivity contribution in [2.24, 2.45) is 0 Å². The van der Waals surface area contributed by atoms with E-state index in [4.69, 9.17) is 9.72 Å². The molecule has 0 bridgehead atoms. The van der Waals surface area contributed by atoms with Gasteiger partial charge in [0.1, 0.15) is 12.3 Å². The molecule has 1 aromatic heterocycles. The van der Waals surface area contributed by atoms with E-state index in [1.54, 1.807) is 11.7 Å². The lowest BCUT2D eigenvalue weighted by atomic mass is 10.1. The molecule has 4 aromatic rings. The number of benzene rings is 3. The molecule has 0 aliphatic carbocycles. The molecule has 0 radical (unpaired) electrons. The molecule has 1 heterocycles. The minimum atomic E-state index is -0.0484. The average Bonchev–Trinajstić information content (AvgIpc) is 2.78. The van der Waals surface area contributed by atoms with Crippen molar-refractivity contribution >= 4 is 10.9 Å². The highest BCUT2D eigenvalue weighted by molar-refractivity contribution is 5.77. The van der Waals surface area contributed by atoms with Gasteiger partial charge in [-0.15, -0.1) is 0 Å². The molecule has 2 N–H and O–H groups in total. The van der Waals surface area contributed by atoms with Crippen molar-refractivity contribution in [1.82, 2.24) is 9.55 Å². The summed E-state index contributed by atoms with van der Waals surface area (Å²) in [6, 6.07) is 23.6. The number of nitrogens with two attached hydrogens (primary N) is 1. The molecule has 0 saturated carbocycles. The Hall–Kier alpha value is -3.44. The minimum absolute atomic E-state index is 0.0484. The van der Waals surface area contributed by atoms with Gasteiger partial charge in [-0.05, 0) is 48.9 Å². The Kier molecular flexibility index (Phi) is 5.91. The Balaban J connectivity index is 1.61. The molecule has 5 heteroatoms. The van der Waals surface area contributed by atoms with E-state index < -0.39 is 0 Å². The van der Waals surface area contributed by atoms with Crippen LogP contribution in [0.4, 0.5) is 0 Å². The van der Waals surface area contributed by atoms with E-state index in [2.05, 4.69) is 36.5 Å². The summed E-state index contributed by atoms with van der Waals surface area (Å²) in [6.45, 7) is 3.64. The van der Waals surface area contributed by atoms with Gasteiger partial charge in [-0.25, -0.2) is 4.98 Å². The van der Waals surface area contributed by atoms with E-state index in [0.717, 1.165) is 35.7 Å². The highest BCUT2D eigenvalue weighted by Crippen LogP contribution is 2.16. The topological polar surface area (TPSA) is 60.7 Å². The Morgan fingerprint density at radius 2 is 1.70 bits per heavy atom. The van der Waals surface area contributed by atoms with E-state index >= 15 is 0 Å². The van der Waals surface area contributed by atoms with E-state index in [0.29, 0.717) is 11.9 Å². The summed E-state index contributed by atoms with van der Waals surface area (Å²) >= 11 is 0. The van der Waals surface area contributed by atoms with Crippen LogP contribution in [-0.4, -0.2) is 23.2 Å². The summed E-state index contributed by atoms with van der Waals surface area (Å²) in [7, 11) is 1.63. The van der Waals surface area contributed by atoms with Crippen molar-refractivity contribution in [2.45, 2.75) is 19.9 Å². The van der Waals surface area contributed by atoms with Crippen LogP contribution in [-0.2, 0) is 13.0 Å². The standard InChI is InChI=1S/C25H25N3O2/c1-18-7-9-19(10-8-18)15-16-26-17-24-27-23-6-4-3-5-22(23)25(29)28(24)20-11-13-21(30-2)14-12-20/h3-14,26H,15-17H2,1-2H3/p+1. The number of quaternary nitrogens is 1. The predicted molar refractivity (Wildman–Crippen MR) is 119 cm³/mol. The highest BCUT2D eigenvalue weighted by Gasteiger charge is 2.14. The van der Waals surface area contributed by atoms with Gasteiger partial charge >= 0.3 is 0 Å². The average molecular weight is 401 g/mol. The monoisotopic (exact) mass is 400 g/mol. The van der Waals surface area contributed by atoms with Crippen LogP contribution < -0.4 is 15.6 Å². The van der Waals surface area contributed by atoms with Gasteiger partial charge in [0.05, 0.1) is 30.2 Å². The van der Waals surface area contributed by atoms with Crippen molar-refractivity contribution in [3.8, 4) is 11.4 Å². The fourth-order valence-corrected chi connectivity index (χ4v) is 3.57. The summed E-state index contributed by atoms with van der Waals surface area (Å²) in [5.41, 5.74) is 4.06. The summed E-state index contributed by atoms with van der Waals surface area (Å²) < 4.78 is 6.97. The first-order valence-corrected chi connectivity index (χ1v) is 10.2. The van der Waals surface area contributed by atoms with Crippen LogP contribution >= 0.6 is 0 Å². The number of aromatic nitrogens is 2. The Labute approximate surface area is 176 Å². The number of rotatable bonds is 7. The van der Waals surface area contributed by atoms with Crippen LogP contribution in [0.25, 0.3) is 16.6 Å². The summed E-state index contributed by atoms with van der Waals surface area (Å²) in [5.74, 6) is 1.50. The first-order chi connectivity index (χ1) is 14.7. The maximum Gasteiger partial charge on any atom is 0.266 e. The van der Waals surface area contributed by atoms with Gasteiger partial charge in [-0.3, -0.25) is 9.36 Å². The molecular formula is C25H26N3O2+. The second-order valence-electron chi connectivity index (χ2n) is 7.40. The van der Waals surface area contributed by atoms with Crippen LogP contribution in [0.2, 0.25) is 0 Å². The number of hydrogen-bond donors (Lipinski definition) is 1. The molecule has 30 heavy (non-hydrogen) atoms. The molecule has 0 unspecified atom stereocenters. The van der Waals surface area contributed by atoms with Crippen molar-refractivity contribution < 1.29 is 10.1 Å². The normalized spacial score (nSPS) is 11.0. The maximum absolute atomic E-state index is 13.3. The SMILES string of the molecule is COc1ccc(-n2c(C[NH2+]CCc3ccc(C)cc3)nc3ccccc3c2=O)cc1. The fraction of sp³-hybridized carbons (Fsp3) is 0.200. The van der Waals surface area contributed by atoms with Crippen molar-refractivity contribution in [3.63, 3.8) is 0 Å². The zero-order valence-corrected chi connectivity index (χ0v) is 17.3. The third-order valence-electron chi connectivity index (χ3n) is 5.26. The van der Waals surface area contributed by atoms with Gasteiger partial charge in [0, 0.05) is 6.42 Å². The van der Waals surface area contributed by atoms with Crippen molar-refractivity contribution in [1.29, 1.82) is 0 Å². The Bertz CT molecular complexity index is 1200. The molecule has 0 amide bonds. The molecule has 0 aliphatic heterocycles. The molecule has 4 rings (SSSR count). The van der Waals surface area contributed by atoms with Crippen LogP contribution in [0.15, 0.2) is 77.6 Å². The van der Waals surface area contributed by atoms with Gasteiger partial charge in [-0.1, -0.05) is 42.0 Å². The lowest BCUT2D eigenvalue weighted by Crippen LogP contribution is -2.83. The quantitative estimate of drug-likeness (QED) is 0.485. The fourth-order valence-electron chi connectivity index (χ4n) is 3.57. The number of ether oxygens (including phenoxy) is 1. The maximum atomic E-state index is 13.3. The van der Waals surface area contributed by atoms with Gasteiger partial charge in [0.15, 0.2) is 5.82 Å². The molecular weight excluding hydrogens is 374 g/mol. The lowest BCUT2D eigenvalue weighted by molar-refractivity contribution is -0.671. The molecule has 5 nitrogen and oxygen atoms in total. The molecule has 3 aromatic carbocycles. The minimum Gasteiger partial charge on any atom is -0.497 e. The third-order valence-corrected chi connectivity index (χ3v) is 5.26. The molecule has 0 fully saturated rings. The second-order valence-corrected chi connectivity index (χ2v) is 7.40. The van der Waals surface area contributed by atoms with Crippen molar-refractivity contribution in [3.05, 3.63) is 100 Å². The van der Waals surface area contributed by atoms with Crippen LogP contribution in [0.3, 0.4) is 0 Å². The Morgan fingerprint density at radius 1 is 0.967 bits per heavy atom. The first-order valence-electron chi connectivity index (χ1n) is 10.2. The third kappa shape index (κ3) is 4.26. The van der Waals surface area contributed by atoms with Gasteiger partial charge in [-0.2, -0.15) is 0 Å². The molecule has 0 spiro atoms. The van der Waals surface area contributed by atoms with Crippen LogP contribution in [0.1, 0.15) is 17.0 Å². The lowest BCUT2D eigenvalue weighted by Gasteiger charge is -2.13. The number of nitrogens with zero attached hydrogens (tertiary/aromatic N) is 2. The number of para-hydroxylation sites is 1. The van der Waals surface area contributed by atoms with Crippen molar-refractivity contribution in [2.75, 3.05) is 13.7 Å². The summed E-state index contributed by atoms with van der Waals surface area (Å²) in [6.07, 6.45) is 0.973. The van der Waals surface area contributed by atoms with E-state index in [-0.39, 0.29) is 5.56 Å². The number of hydrogen-bond acceptors (Lipinski definition) is 3. The van der Waals surface area contributed by atoms with Crippen LogP contribution in [0.5, 0.6) is 5.75 Å². The van der Waals surface area contributed by atoms with Crippen LogP contribution in [0, 0.1) is 6.92 Å². The number of methoxy groups -OCH3 is 1. The molecule has 0 atom stereocenters. The van der Waals surface area contributed by atoms with Gasteiger partial charge < -0.3 is 10.1 Å². The molecule has 0 saturated heterocycles. The first kappa shape index (κ1) is 19.9. The smallest absolute Gasteiger partial charge is 0.266 e. The highest BCUT2D eigenvalue weighted by atomic mass is 16.5. The summed E-state index contributed by atoms with van der Waals surface area (Å²) in [5, 5.41) is 2.83. The number of aryl methyl sites for hydroxylation is 1. The molecule has 152 valence electrons. The largest absolute Gasteiger partial charge is 0.497 e. The van der Waals surface area contributed by atoms with Gasteiger partial charge in [0.2, 0.25) is 0 Å². The zero-order chi connectivity index (χ0) is 20.9. The summed E-state index contributed by atoms with van der Waals surface area (Å²) in [4.78, 5) is 18.1. The Morgan fingerprint density at radius 3 is 2.43 bits per heavy atom. The number of fused-ring (bicyclic) bond motifs is 1. The van der Waals surface area contributed by atoms with E-state index in [1.165, 1.54) is 11.1 Å².